The molecule has 138 valence electrons. The van der Waals surface area contributed by atoms with E-state index in [2.05, 4.69) is 0 Å². The van der Waals surface area contributed by atoms with E-state index in [0.717, 1.165) is 24.3 Å². The molecule has 0 aliphatic heterocycles. The third-order valence-corrected chi connectivity index (χ3v) is 4.52. The molecule has 0 unspecified atom stereocenters. The van der Waals surface area contributed by atoms with E-state index in [1.807, 2.05) is 0 Å². The fourth-order valence-electron chi connectivity index (χ4n) is 2.23. The summed E-state index contributed by atoms with van der Waals surface area (Å²) in [7, 11) is -4.83. The number of alkyl halides is 6. The Balaban J connectivity index is 0.00000338. The molecule has 0 fully saturated rings. The van der Waals surface area contributed by atoms with Gasteiger partial charge < -0.3 is 1.43 Å². The van der Waals surface area contributed by atoms with E-state index < -0.39 is 38.8 Å². The Morgan fingerprint density at radius 2 is 1.00 bits per heavy atom. The summed E-state index contributed by atoms with van der Waals surface area (Å²) in [6.45, 7) is 0. The third kappa shape index (κ3) is 5.46. The molecule has 0 spiro atoms. The van der Waals surface area contributed by atoms with Crippen LogP contribution in [0, 0.1) is 0 Å². The van der Waals surface area contributed by atoms with Crippen LogP contribution in [0.2, 0.25) is 0 Å². The predicted molar refractivity (Wildman–Crippen MR) is 77.4 cm³/mol. The Morgan fingerprint density at radius 1 is 0.731 bits per heavy atom. The van der Waals surface area contributed by atoms with Crippen LogP contribution in [-0.2, 0) is 22.5 Å². The summed E-state index contributed by atoms with van der Waals surface area (Å²) in [5, 5.41) is -1.81. The molecule has 0 saturated heterocycles. The number of hydrogen-bond donors (Lipinski definition) is 1. The maximum Gasteiger partial charge on any atom is 1.00 e. The molecule has 0 aliphatic rings. The van der Waals surface area contributed by atoms with Crippen LogP contribution in [0.25, 0.3) is 0 Å². The van der Waals surface area contributed by atoms with Gasteiger partial charge in [-0.1, -0.05) is 24.3 Å². The van der Waals surface area contributed by atoms with Gasteiger partial charge in [0.05, 0.1) is 11.1 Å². The van der Waals surface area contributed by atoms with Gasteiger partial charge in [0.25, 0.3) is 10.1 Å². The van der Waals surface area contributed by atoms with E-state index >= 15 is 0 Å². The van der Waals surface area contributed by atoms with E-state index in [4.69, 9.17) is 0 Å². The van der Waals surface area contributed by atoms with Gasteiger partial charge in [0.2, 0.25) is 0 Å². The molecule has 0 atom stereocenters. The molecule has 0 bridgehead atoms. The molecule has 26 heavy (non-hydrogen) atoms. The van der Waals surface area contributed by atoms with Gasteiger partial charge in [0, 0.05) is 0 Å². The monoisotopic (exact) mass is 408 g/mol. The summed E-state index contributed by atoms with van der Waals surface area (Å²) in [4.78, 5) is 0. The molecule has 0 heterocycles. The zero-order chi connectivity index (χ0) is 19.0. The fourth-order valence-corrected chi connectivity index (χ4v) is 3.23. The molecule has 0 amide bonds. The van der Waals surface area contributed by atoms with Crippen LogP contribution in [0.4, 0.5) is 26.3 Å². The van der Waals surface area contributed by atoms with Crippen molar-refractivity contribution in [3.63, 3.8) is 0 Å². The standard InChI is InChI=1S/C15H10F6O3S.Na.H/c16-14(17,18)11-5-1-9(2-6-11)13(25(22,23)24)10-3-7-12(8-4-10)15(19,20)21;;/h1-8,13H,(H,22,23,24);;/q;+1;-1. The number of rotatable bonds is 3. The molecule has 0 saturated carbocycles. The normalized spacial score (nSPS) is 12.8. The van der Waals surface area contributed by atoms with E-state index in [1.54, 1.807) is 0 Å². The van der Waals surface area contributed by atoms with Gasteiger partial charge in [-0.3, -0.25) is 4.55 Å². The van der Waals surface area contributed by atoms with Crippen LogP contribution >= 0.6 is 0 Å². The first-order valence-corrected chi connectivity index (χ1v) is 8.11. The van der Waals surface area contributed by atoms with Crippen LogP contribution in [0.1, 0.15) is 28.9 Å². The molecule has 11 heteroatoms. The molecule has 0 aliphatic carbocycles. The first-order chi connectivity index (χ1) is 11.3. The van der Waals surface area contributed by atoms with E-state index in [9.17, 15) is 39.3 Å². The van der Waals surface area contributed by atoms with Crippen molar-refractivity contribution in [1.82, 2.24) is 0 Å². The molecule has 1 N–H and O–H groups in total. The van der Waals surface area contributed by atoms with Crippen LogP contribution in [-0.4, -0.2) is 13.0 Å². The summed E-state index contributed by atoms with van der Waals surface area (Å²) in [6.07, 6.45) is -9.28. The van der Waals surface area contributed by atoms with Crippen LogP contribution in [0.3, 0.4) is 0 Å². The molecule has 0 radical (unpaired) electrons. The largest absolute Gasteiger partial charge is 1.00 e. The Morgan fingerprint density at radius 3 is 1.19 bits per heavy atom. The van der Waals surface area contributed by atoms with Crippen molar-refractivity contribution in [2.24, 2.45) is 0 Å². The smallest absolute Gasteiger partial charge is 1.00 e. The molecule has 2 aromatic rings. The van der Waals surface area contributed by atoms with Crippen molar-refractivity contribution < 1.29 is 70.3 Å². The minimum absolute atomic E-state index is 0. The maximum atomic E-state index is 12.6. The van der Waals surface area contributed by atoms with E-state index in [-0.39, 0.29) is 42.1 Å². The van der Waals surface area contributed by atoms with E-state index in [0.29, 0.717) is 24.3 Å². The summed E-state index contributed by atoms with van der Waals surface area (Å²) >= 11 is 0. The predicted octanol–water partition coefficient (Wildman–Crippen LogP) is 1.82. The Bertz CT molecular complexity index is 792. The molecular formula is C15H11F6NaO3S. The average Bonchev–Trinajstić information content (AvgIpc) is 2.45. The molecule has 2 aromatic carbocycles. The second-order valence-corrected chi connectivity index (χ2v) is 6.64. The molecule has 2 rings (SSSR count). The van der Waals surface area contributed by atoms with Crippen molar-refractivity contribution >= 4 is 10.1 Å². The topological polar surface area (TPSA) is 54.4 Å². The van der Waals surface area contributed by atoms with Crippen molar-refractivity contribution in [2.75, 3.05) is 0 Å². The van der Waals surface area contributed by atoms with Gasteiger partial charge >= 0.3 is 41.9 Å². The Kier molecular flexibility index (Phi) is 6.97. The first-order valence-electron chi connectivity index (χ1n) is 6.61. The minimum atomic E-state index is -4.83. The summed E-state index contributed by atoms with van der Waals surface area (Å²) < 4.78 is 108. The minimum Gasteiger partial charge on any atom is -1.00 e. The number of benzene rings is 2. The van der Waals surface area contributed by atoms with Crippen LogP contribution < -0.4 is 29.6 Å². The van der Waals surface area contributed by atoms with Gasteiger partial charge in [-0.15, -0.1) is 0 Å². The van der Waals surface area contributed by atoms with Crippen molar-refractivity contribution in [3.05, 3.63) is 70.8 Å². The fraction of sp³-hybridized carbons (Fsp3) is 0.200. The van der Waals surface area contributed by atoms with Gasteiger partial charge in [-0.05, 0) is 35.4 Å². The van der Waals surface area contributed by atoms with Crippen molar-refractivity contribution in [1.29, 1.82) is 0 Å². The van der Waals surface area contributed by atoms with Gasteiger partial charge in [-0.25, -0.2) is 0 Å². The first kappa shape index (κ1) is 23.0. The molecular weight excluding hydrogens is 397 g/mol. The summed E-state index contributed by atoms with van der Waals surface area (Å²) in [5.41, 5.74) is -2.49. The third-order valence-electron chi connectivity index (χ3n) is 3.38. The number of hydrogen-bond acceptors (Lipinski definition) is 2. The summed E-state index contributed by atoms with van der Waals surface area (Å²) in [5.74, 6) is 0. The van der Waals surface area contributed by atoms with Gasteiger partial charge in [-0.2, -0.15) is 34.8 Å². The average molecular weight is 408 g/mol. The number of halogens is 6. The van der Waals surface area contributed by atoms with Gasteiger partial charge in [0.1, 0.15) is 5.25 Å². The zero-order valence-electron chi connectivity index (χ0n) is 14.1. The van der Waals surface area contributed by atoms with Crippen molar-refractivity contribution in [2.45, 2.75) is 17.6 Å². The van der Waals surface area contributed by atoms with E-state index in [1.165, 1.54) is 0 Å². The second kappa shape index (κ2) is 7.89. The second-order valence-electron chi connectivity index (χ2n) is 5.13. The maximum absolute atomic E-state index is 12.6. The van der Waals surface area contributed by atoms with Crippen LogP contribution in [0.15, 0.2) is 48.5 Å². The van der Waals surface area contributed by atoms with Crippen LogP contribution in [0.5, 0.6) is 0 Å². The Labute approximate surface area is 168 Å². The Hall–Kier alpha value is -1.07. The van der Waals surface area contributed by atoms with Gasteiger partial charge in [0.15, 0.2) is 0 Å². The molecule has 0 aromatic heterocycles. The van der Waals surface area contributed by atoms with Crippen molar-refractivity contribution in [3.8, 4) is 0 Å². The zero-order valence-corrected chi connectivity index (χ0v) is 16.0. The quantitative estimate of drug-likeness (QED) is 0.479. The SMILES string of the molecule is O=S(=O)(O)C(c1ccc(C(F)(F)F)cc1)c1ccc(C(F)(F)F)cc1.[H-].[Na+]. The molecule has 3 nitrogen and oxygen atoms in total. The summed E-state index contributed by atoms with van der Waals surface area (Å²) in [6, 6.07) is 5.88.